The van der Waals surface area contributed by atoms with Gasteiger partial charge in [-0.25, -0.2) is 0 Å². The molecule has 3 rings (SSSR count). The molecular weight excluding hydrogens is 404 g/mol. The van der Waals surface area contributed by atoms with Gasteiger partial charge in [0.05, 0.1) is 21.3 Å². The van der Waals surface area contributed by atoms with Gasteiger partial charge in [0.25, 0.3) is 5.91 Å². The molecule has 1 fully saturated rings. The fraction of sp³-hybridized carbons (Fsp3) is 0.423. The summed E-state index contributed by atoms with van der Waals surface area (Å²) < 4.78 is 16.3. The molecule has 6 nitrogen and oxygen atoms in total. The van der Waals surface area contributed by atoms with E-state index in [1.165, 1.54) is 12.8 Å². The number of benzene rings is 2. The van der Waals surface area contributed by atoms with Crippen molar-refractivity contribution >= 4 is 12.0 Å². The van der Waals surface area contributed by atoms with Crippen molar-refractivity contribution in [2.75, 3.05) is 54.1 Å². The zero-order valence-corrected chi connectivity index (χ0v) is 19.6. The van der Waals surface area contributed by atoms with Gasteiger partial charge in [-0.3, -0.25) is 4.79 Å². The van der Waals surface area contributed by atoms with Crippen molar-refractivity contribution in [3.8, 4) is 17.2 Å². The summed E-state index contributed by atoms with van der Waals surface area (Å²) in [6, 6.07) is 13.6. The maximum Gasteiger partial charge on any atom is 0.254 e. The Hall–Kier alpha value is -2.99. The molecule has 0 saturated carbocycles. The molecule has 0 radical (unpaired) electrons. The molecule has 0 unspecified atom stereocenters. The Bertz CT molecular complexity index is 896. The molecule has 0 aliphatic carbocycles. The third-order valence-corrected chi connectivity index (χ3v) is 5.74. The van der Waals surface area contributed by atoms with Crippen LogP contribution in [0.25, 0.3) is 6.08 Å². The number of nitrogens with zero attached hydrogens (tertiary/aromatic N) is 2. The first-order valence-electron chi connectivity index (χ1n) is 11.1. The van der Waals surface area contributed by atoms with E-state index < -0.39 is 0 Å². The number of carbonyl (C=O) groups is 1. The fourth-order valence-electron chi connectivity index (χ4n) is 4.09. The quantitative estimate of drug-likeness (QED) is 0.552. The second-order valence-corrected chi connectivity index (χ2v) is 8.09. The molecule has 1 aliphatic rings. The van der Waals surface area contributed by atoms with Crippen LogP contribution in [0.15, 0.2) is 48.0 Å². The number of ether oxygens (including phenoxy) is 3. The van der Waals surface area contributed by atoms with Crippen LogP contribution in [0, 0.1) is 0 Å². The van der Waals surface area contributed by atoms with E-state index in [4.69, 9.17) is 14.2 Å². The number of hydrogen-bond acceptors (Lipinski definition) is 5. The molecular formula is C26H34N2O4. The molecule has 2 aromatic carbocycles. The maximum atomic E-state index is 13.6. The molecule has 0 atom stereocenters. The van der Waals surface area contributed by atoms with E-state index in [1.807, 2.05) is 23.1 Å². The lowest BCUT2D eigenvalue weighted by Crippen LogP contribution is -2.39. The SMILES string of the molecule is COc1cc(C(=O)N(CCN2CCCC2)C/C(C)=C/c2ccccc2)cc(OC)c1OC. The summed E-state index contributed by atoms with van der Waals surface area (Å²) in [5.41, 5.74) is 2.77. The van der Waals surface area contributed by atoms with Crippen molar-refractivity contribution in [3.05, 3.63) is 59.2 Å². The Morgan fingerprint density at radius 3 is 2.19 bits per heavy atom. The van der Waals surface area contributed by atoms with Crippen LogP contribution < -0.4 is 14.2 Å². The van der Waals surface area contributed by atoms with Crippen LogP contribution >= 0.6 is 0 Å². The summed E-state index contributed by atoms with van der Waals surface area (Å²) >= 11 is 0. The van der Waals surface area contributed by atoms with Gasteiger partial charge in [-0.2, -0.15) is 0 Å². The van der Waals surface area contributed by atoms with Crippen molar-refractivity contribution in [1.29, 1.82) is 0 Å². The number of hydrogen-bond donors (Lipinski definition) is 0. The number of carbonyl (C=O) groups excluding carboxylic acids is 1. The zero-order valence-electron chi connectivity index (χ0n) is 19.6. The molecule has 0 bridgehead atoms. The molecule has 0 aromatic heterocycles. The summed E-state index contributed by atoms with van der Waals surface area (Å²) in [4.78, 5) is 17.9. The van der Waals surface area contributed by atoms with Gasteiger partial charge in [0.1, 0.15) is 0 Å². The minimum atomic E-state index is -0.0516. The second kappa shape index (κ2) is 11.6. The summed E-state index contributed by atoms with van der Waals surface area (Å²) in [5.74, 6) is 1.39. The lowest BCUT2D eigenvalue weighted by molar-refractivity contribution is 0.0755. The van der Waals surface area contributed by atoms with Gasteiger partial charge in [0, 0.05) is 25.2 Å². The van der Waals surface area contributed by atoms with Crippen molar-refractivity contribution in [2.24, 2.45) is 0 Å². The molecule has 6 heteroatoms. The van der Waals surface area contributed by atoms with Gasteiger partial charge in [0.2, 0.25) is 5.75 Å². The highest BCUT2D eigenvalue weighted by Crippen LogP contribution is 2.38. The largest absolute Gasteiger partial charge is 0.493 e. The van der Waals surface area contributed by atoms with Crippen LogP contribution in [0.3, 0.4) is 0 Å². The van der Waals surface area contributed by atoms with E-state index in [9.17, 15) is 4.79 Å². The monoisotopic (exact) mass is 438 g/mol. The molecule has 32 heavy (non-hydrogen) atoms. The van der Waals surface area contributed by atoms with E-state index in [1.54, 1.807) is 33.5 Å². The normalized spacial score (nSPS) is 14.3. The highest BCUT2D eigenvalue weighted by molar-refractivity contribution is 5.96. The van der Waals surface area contributed by atoms with Gasteiger partial charge in [-0.15, -0.1) is 0 Å². The Morgan fingerprint density at radius 1 is 1.00 bits per heavy atom. The number of likely N-dealkylation sites (tertiary alicyclic amines) is 1. The van der Waals surface area contributed by atoms with Crippen molar-refractivity contribution < 1.29 is 19.0 Å². The number of rotatable bonds is 10. The molecule has 1 saturated heterocycles. The van der Waals surface area contributed by atoms with E-state index in [-0.39, 0.29) is 5.91 Å². The predicted molar refractivity (Wildman–Crippen MR) is 128 cm³/mol. The fourth-order valence-corrected chi connectivity index (χ4v) is 4.09. The molecule has 0 spiro atoms. The first-order chi connectivity index (χ1) is 15.5. The standard InChI is InChI=1S/C26H34N2O4/c1-20(16-21-10-6-5-7-11-21)19-28(15-14-27-12-8-9-13-27)26(29)22-17-23(30-2)25(32-4)24(18-22)31-3/h5-7,10-11,16-18H,8-9,12-15,19H2,1-4H3/b20-16+. The minimum absolute atomic E-state index is 0.0516. The Morgan fingerprint density at radius 2 is 1.62 bits per heavy atom. The van der Waals surface area contributed by atoms with Crippen molar-refractivity contribution in [1.82, 2.24) is 9.80 Å². The van der Waals surface area contributed by atoms with Crippen LogP contribution in [0.4, 0.5) is 0 Å². The highest BCUT2D eigenvalue weighted by atomic mass is 16.5. The van der Waals surface area contributed by atoms with E-state index in [2.05, 4.69) is 30.0 Å². The van der Waals surface area contributed by atoms with E-state index in [0.717, 1.165) is 30.8 Å². The smallest absolute Gasteiger partial charge is 0.254 e. The van der Waals surface area contributed by atoms with Crippen LogP contribution in [-0.2, 0) is 0 Å². The van der Waals surface area contributed by atoms with E-state index in [0.29, 0.717) is 35.9 Å². The highest BCUT2D eigenvalue weighted by Gasteiger charge is 2.22. The van der Waals surface area contributed by atoms with E-state index >= 15 is 0 Å². The Labute approximate surface area is 191 Å². The minimum Gasteiger partial charge on any atom is -0.493 e. The predicted octanol–water partition coefficient (Wildman–Crippen LogP) is 4.35. The van der Waals surface area contributed by atoms with Crippen molar-refractivity contribution in [2.45, 2.75) is 19.8 Å². The van der Waals surface area contributed by atoms with Gasteiger partial charge in [0.15, 0.2) is 11.5 Å². The van der Waals surface area contributed by atoms with Crippen LogP contribution in [0.1, 0.15) is 35.7 Å². The third-order valence-electron chi connectivity index (χ3n) is 5.74. The lowest BCUT2D eigenvalue weighted by atomic mass is 10.1. The second-order valence-electron chi connectivity index (χ2n) is 8.09. The number of methoxy groups -OCH3 is 3. The summed E-state index contributed by atoms with van der Waals surface area (Å²) in [6.45, 7) is 6.36. The third kappa shape index (κ3) is 6.04. The Balaban J connectivity index is 1.86. The van der Waals surface area contributed by atoms with Crippen molar-refractivity contribution in [3.63, 3.8) is 0 Å². The number of amides is 1. The summed E-state index contributed by atoms with van der Waals surface area (Å²) in [5, 5.41) is 0. The maximum absolute atomic E-state index is 13.6. The molecule has 1 aliphatic heterocycles. The zero-order chi connectivity index (χ0) is 22.9. The van der Waals surface area contributed by atoms with Gasteiger partial charge >= 0.3 is 0 Å². The van der Waals surface area contributed by atoms with Crippen LogP contribution in [-0.4, -0.2) is 69.8 Å². The molecule has 1 amide bonds. The first kappa shape index (κ1) is 23.7. The lowest BCUT2D eigenvalue weighted by Gasteiger charge is -2.26. The first-order valence-corrected chi connectivity index (χ1v) is 11.1. The molecule has 0 N–H and O–H groups in total. The van der Waals surface area contributed by atoms with Gasteiger partial charge in [-0.1, -0.05) is 42.0 Å². The Kier molecular flexibility index (Phi) is 8.56. The van der Waals surface area contributed by atoms with Crippen LogP contribution in [0.5, 0.6) is 17.2 Å². The molecule has 172 valence electrons. The average molecular weight is 439 g/mol. The molecule has 1 heterocycles. The van der Waals surface area contributed by atoms with Gasteiger partial charge < -0.3 is 24.0 Å². The summed E-state index contributed by atoms with van der Waals surface area (Å²) in [6.07, 6.45) is 4.59. The van der Waals surface area contributed by atoms with Gasteiger partial charge in [-0.05, 0) is 50.6 Å². The summed E-state index contributed by atoms with van der Waals surface area (Å²) in [7, 11) is 4.68. The average Bonchev–Trinajstić information content (AvgIpc) is 3.34. The topological polar surface area (TPSA) is 51.2 Å². The molecule has 2 aromatic rings. The van der Waals surface area contributed by atoms with Crippen LogP contribution in [0.2, 0.25) is 0 Å².